The third-order valence-electron chi connectivity index (χ3n) is 4.70. The lowest BCUT2D eigenvalue weighted by Gasteiger charge is -2.06. The van der Waals surface area contributed by atoms with E-state index in [0.717, 1.165) is 45.1 Å². The summed E-state index contributed by atoms with van der Waals surface area (Å²) >= 11 is 0. The highest BCUT2D eigenvalue weighted by molar-refractivity contribution is 6.35. The highest BCUT2D eigenvalue weighted by atomic mass is 16.5. The van der Waals surface area contributed by atoms with Gasteiger partial charge in [0.15, 0.2) is 0 Å². The molecule has 0 saturated carbocycles. The maximum absolute atomic E-state index is 12.5. The highest BCUT2D eigenvalue weighted by Crippen LogP contribution is 2.36. The molecule has 2 heterocycles. The number of hydrogen-bond acceptors (Lipinski definition) is 2. The predicted molar refractivity (Wildman–Crippen MR) is 105 cm³/mol. The molecule has 4 nitrogen and oxygen atoms in total. The number of aromatic nitrogens is 1. The van der Waals surface area contributed by atoms with Crippen LogP contribution >= 0.6 is 0 Å². The van der Waals surface area contributed by atoms with Crippen molar-refractivity contribution in [2.24, 2.45) is 0 Å². The summed E-state index contributed by atoms with van der Waals surface area (Å²) in [6, 6.07) is 16.0. The van der Waals surface area contributed by atoms with Crippen LogP contribution in [0.25, 0.3) is 22.8 Å². The highest BCUT2D eigenvalue weighted by Gasteiger charge is 2.24. The molecule has 4 rings (SSSR count). The minimum atomic E-state index is -0.0708. The molecule has 4 heteroatoms. The monoisotopic (exact) mass is 344 g/mol. The van der Waals surface area contributed by atoms with Crippen LogP contribution in [0.5, 0.6) is 5.75 Å². The Morgan fingerprint density at radius 1 is 0.962 bits per heavy atom. The quantitative estimate of drug-likeness (QED) is 0.671. The number of H-pyrrole nitrogens is 1. The van der Waals surface area contributed by atoms with Crippen molar-refractivity contribution in [3.63, 3.8) is 0 Å². The summed E-state index contributed by atoms with van der Waals surface area (Å²) in [6.45, 7) is 4.05. The Hall–Kier alpha value is -3.27. The predicted octanol–water partition coefficient (Wildman–Crippen LogP) is 4.80. The van der Waals surface area contributed by atoms with Gasteiger partial charge in [-0.1, -0.05) is 24.3 Å². The molecule has 3 aromatic rings. The normalized spacial score (nSPS) is 14.4. The summed E-state index contributed by atoms with van der Waals surface area (Å²) < 4.78 is 5.21. The van der Waals surface area contributed by atoms with E-state index in [1.807, 2.05) is 62.4 Å². The lowest BCUT2D eigenvalue weighted by atomic mass is 10.00. The van der Waals surface area contributed by atoms with E-state index in [-0.39, 0.29) is 5.91 Å². The molecule has 0 bridgehead atoms. The van der Waals surface area contributed by atoms with Crippen LogP contribution in [0, 0.1) is 13.8 Å². The SMILES string of the molecule is COc1ccc(-c2ccc3c(c2)NC(=O)C3=Cc2[nH]c(C)cc2C)cc1. The Kier molecular flexibility index (Phi) is 3.88. The molecule has 26 heavy (non-hydrogen) atoms. The van der Waals surface area contributed by atoms with Crippen molar-refractivity contribution in [3.05, 3.63) is 71.0 Å². The average molecular weight is 344 g/mol. The zero-order chi connectivity index (χ0) is 18.3. The number of amides is 1. The summed E-state index contributed by atoms with van der Waals surface area (Å²) in [5.41, 5.74) is 7.78. The van der Waals surface area contributed by atoms with E-state index in [2.05, 4.69) is 16.4 Å². The molecular formula is C22H20N2O2. The fourth-order valence-electron chi connectivity index (χ4n) is 3.34. The van der Waals surface area contributed by atoms with Crippen LogP contribution in [-0.4, -0.2) is 18.0 Å². The Morgan fingerprint density at radius 3 is 2.35 bits per heavy atom. The Morgan fingerprint density at radius 2 is 1.69 bits per heavy atom. The van der Waals surface area contributed by atoms with Gasteiger partial charge in [0.25, 0.3) is 5.91 Å². The number of ether oxygens (including phenoxy) is 1. The van der Waals surface area contributed by atoms with Crippen LogP contribution in [-0.2, 0) is 4.79 Å². The van der Waals surface area contributed by atoms with Gasteiger partial charge in [-0.2, -0.15) is 0 Å². The third-order valence-corrected chi connectivity index (χ3v) is 4.70. The Bertz CT molecular complexity index is 1030. The van der Waals surface area contributed by atoms with Crippen molar-refractivity contribution in [2.75, 3.05) is 12.4 Å². The molecule has 1 aliphatic heterocycles. The molecule has 0 spiro atoms. The molecule has 130 valence electrons. The largest absolute Gasteiger partial charge is 0.497 e. The number of hydrogen-bond donors (Lipinski definition) is 2. The van der Waals surface area contributed by atoms with Crippen LogP contribution < -0.4 is 10.1 Å². The molecule has 1 amide bonds. The van der Waals surface area contributed by atoms with Gasteiger partial charge in [-0.25, -0.2) is 0 Å². The summed E-state index contributed by atoms with van der Waals surface area (Å²) in [5, 5.41) is 2.98. The summed E-state index contributed by atoms with van der Waals surface area (Å²) in [6.07, 6.45) is 1.93. The molecule has 0 atom stereocenters. The zero-order valence-corrected chi connectivity index (χ0v) is 15.0. The second-order valence-corrected chi connectivity index (χ2v) is 6.55. The topological polar surface area (TPSA) is 54.1 Å². The molecular weight excluding hydrogens is 324 g/mol. The molecule has 1 aromatic heterocycles. The van der Waals surface area contributed by atoms with E-state index < -0.39 is 0 Å². The van der Waals surface area contributed by atoms with Crippen molar-refractivity contribution < 1.29 is 9.53 Å². The minimum absolute atomic E-state index is 0.0708. The molecule has 0 saturated heterocycles. The molecule has 2 aromatic carbocycles. The van der Waals surface area contributed by atoms with E-state index in [0.29, 0.717) is 5.57 Å². The summed E-state index contributed by atoms with van der Waals surface area (Å²) in [4.78, 5) is 15.8. The standard InChI is InChI=1S/C22H20N2O2/c1-13-10-14(2)23-20(13)12-19-18-9-6-16(11-21(18)24-22(19)25)15-4-7-17(26-3)8-5-15/h4-12,23H,1-3H3,(H,24,25). The van der Waals surface area contributed by atoms with Crippen molar-refractivity contribution >= 4 is 23.2 Å². The fraction of sp³-hybridized carbons (Fsp3) is 0.136. The number of aromatic amines is 1. The lowest BCUT2D eigenvalue weighted by Crippen LogP contribution is -2.03. The number of nitrogens with one attached hydrogen (secondary N) is 2. The van der Waals surface area contributed by atoms with Crippen molar-refractivity contribution in [1.82, 2.24) is 4.98 Å². The first kappa shape index (κ1) is 16.2. The third kappa shape index (κ3) is 2.80. The van der Waals surface area contributed by atoms with Gasteiger partial charge < -0.3 is 15.0 Å². The first-order valence-electron chi connectivity index (χ1n) is 8.53. The van der Waals surface area contributed by atoms with Crippen molar-refractivity contribution in [3.8, 4) is 16.9 Å². The van der Waals surface area contributed by atoms with Crippen LogP contribution in [0.1, 0.15) is 22.5 Å². The second kappa shape index (κ2) is 6.23. The number of carbonyl (C=O) groups is 1. The van der Waals surface area contributed by atoms with E-state index in [1.54, 1.807) is 7.11 Å². The van der Waals surface area contributed by atoms with Gasteiger partial charge in [0.2, 0.25) is 0 Å². The van der Waals surface area contributed by atoms with E-state index >= 15 is 0 Å². The minimum Gasteiger partial charge on any atom is -0.497 e. The number of methoxy groups -OCH3 is 1. The van der Waals surface area contributed by atoms with E-state index in [1.165, 1.54) is 0 Å². The van der Waals surface area contributed by atoms with Crippen LogP contribution in [0.3, 0.4) is 0 Å². The van der Waals surface area contributed by atoms with Crippen LogP contribution in [0.4, 0.5) is 5.69 Å². The molecule has 2 N–H and O–H groups in total. The van der Waals surface area contributed by atoms with E-state index in [4.69, 9.17) is 4.74 Å². The first-order chi connectivity index (χ1) is 12.5. The summed E-state index contributed by atoms with van der Waals surface area (Å²) in [5.74, 6) is 0.753. The Labute approximate surface area is 152 Å². The van der Waals surface area contributed by atoms with Crippen LogP contribution in [0.2, 0.25) is 0 Å². The van der Waals surface area contributed by atoms with Gasteiger partial charge >= 0.3 is 0 Å². The lowest BCUT2D eigenvalue weighted by molar-refractivity contribution is -0.110. The molecule has 1 aliphatic rings. The number of aryl methyl sites for hydroxylation is 2. The number of carbonyl (C=O) groups excluding carboxylic acids is 1. The Balaban J connectivity index is 1.72. The molecule has 0 fully saturated rings. The number of fused-ring (bicyclic) bond motifs is 1. The van der Waals surface area contributed by atoms with Gasteiger partial charge in [-0.05, 0) is 60.9 Å². The fourth-order valence-corrected chi connectivity index (χ4v) is 3.34. The van der Waals surface area contributed by atoms with Crippen molar-refractivity contribution in [2.45, 2.75) is 13.8 Å². The maximum Gasteiger partial charge on any atom is 0.256 e. The van der Waals surface area contributed by atoms with Crippen molar-refractivity contribution in [1.29, 1.82) is 0 Å². The average Bonchev–Trinajstić information content (AvgIpc) is 3.13. The van der Waals surface area contributed by atoms with Gasteiger partial charge in [-0.3, -0.25) is 4.79 Å². The second-order valence-electron chi connectivity index (χ2n) is 6.55. The van der Waals surface area contributed by atoms with Gasteiger partial charge in [-0.15, -0.1) is 0 Å². The van der Waals surface area contributed by atoms with Gasteiger partial charge in [0.05, 0.1) is 12.7 Å². The van der Waals surface area contributed by atoms with E-state index in [9.17, 15) is 4.79 Å². The van der Waals surface area contributed by atoms with Crippen LogP contribution in [0.15, 0.2) is 48.5 Å². The molecule has 0 aliphatic carbocycles. The first-order valence-corrected chi connectivity index (χ1v) is 8.53. The zero-order valence-electron chi connectivity index (χ0n) is 15.0. The van der Waals surface area contributed by atoms with Gasteiger partial charge in [0, 0.05) is 22.6 Å². The maximum atomic E-state index is 12.5. The number of anilines is 1. The molecule has 0 radical (unpaired) electrons. The molecule has 0 unspecified atom stereocenters. The number of benzene rings is 2. The number of rotatable bonds is 3. The smallest absolute Gasteiger partial charge is 0.256 e. The van der Waals surface area contributed by atoms with Gasteiger partial charge in [0.1, 0.15) is 5.75 Å². The summed E-state index contributed by atoms with van der Waals surface area (Å²) in [7, 11) is 1.65.